The maximum atomic E-state index is 12.0. The van der Waals surface area contributed by atoms with E-state index in [1.54, 1.807) is 24.5 Å². The fraction of sp³-hybridized carbons (Fsp3) is 0.294. The second kappa shape index (κ2) is 7.56. The first-order valence-corrected chi connectivity index (χ1v) is 7.03. The van der Waals surface area contributed by atoms with Crippen molar-refractivity contribution in [2.45, 2.75) is 25.8 Å². The molecule has 2 rings (SSSR count). The van der Waals surface area contributed by atoms with Gasteiger partial charge in [0.05, 0.1) is 0 Å². The van der Waals surface area contributed by atoms with Crippen molar-refractivity contribution in [3.63, 3.8) is 0 Å². The van der Waals surface area contributed by atoms with Crippen molar-refractivity contribution in [2.24, 2.45) is 0 Å². The van der Waals surface area contributed by atoms with Crippen molar-refractivity contribution in [1.29, 1.82) is 0 Å². The third kappa shape index (κ3) is 4.00. The first-order chi connectivity index (χ1) is 9.81. The molecule has 0 saturated heterocycles. The van der Waals surface area contributed by atoms with Crippen LogP contribution < -0.4 is 5.32 Å². The van der Waals surface area contributed by atoms with Gasteiger partial charge in [0.2, 0.25) is 0 Å². The Kier molecular flexibility index (Phi) is 5.44. The minimum atomic E-state index is 0.155. The van der Waals surface area contributed by atoms with Crippen LogP contribution in [0, 0.1) is 0 Å². The number of aromatic nitrogens is 1. The highest BCUT2D eigenvalue weighted by Crippen LogP contribution is 2.15. The highest BCUT2D eigenvalue weighted by atomic mass is 16.1. The number of carbonyl (C=O) groups excluding carboxylic acids is 1. The van der Waals surface area contributed by atoms with E-state index in [9.17, 15) is 4.79 Å². The third-order valence-corrected chi connectivity index (χ3v) is 3.36. The summed E-state index contributed by atoms with van der Waals surface area (Å²) in [6.07, 6.45) is 4.82. The fourth-order valence-electron chi connectivity index (χ4n) is 2.23. The molecule has 3 nitrogen and oxygen atoms in total. The molecule has 104 valence electrons. The Labute approximate surface area is 120 Å². The second-order valence-corrected chi connectivity index (χ2v) is 4.73. The number of nitrogens with one attached hydrogen (secondary N) is 1. The van der Waals surface area contributed by atoms with Crippen LogP contribution in [0.4, 0.5) is 0 Å². The first kappa shape index (κ1) is 14.4. The van der Waals surface area contributed by atoms with Gasteiger partial charge in [-0.3, -0.25) is 9.78 Å². The lowest BCUT2D eigenvalue weighted by molar-refractivity contribution is 0.0981. The van der Waals surface area contributed by atoms with Gasteiger partial charge < -0.3 is 5.32 Å². The highest BCUT2D eigenvalue weighted by Gasteiger charge is 2.09. The summed E-state index contributed by atoms with van der Waals surface area (Å²) in [6, 6.07) is 14.2. The van der Waals surface area contributed by atoms with Crippen molar-refractivity contribution in [1.82, 2.24) is 10.3 Å². The molecule has 2 aromatic rings. The average molecular weight is 268 g/mol. The lowest BCUT2D eigenvalue weighted by atomic mass is 10.0. The summed E-state index contributed by atoms with van der Waals surface area (Å²) < 4.78 is 0. The summed E-state index contributed by atoms with van der Waals surface area (Å²) >= 11 is 0. The molecule has 0 radical (unpaired) electrons. The molecule has 0 amide bonds. The molecule has 1 aromatic carbocycles. The molecule has 1 heterocycles. The van der Waals surface area contributed by atoms with E-state index in [1.807, 2.05) is 18.2 Å². The monoisotopic (exact) mass is 268 g/mol. The Balaban J connectivity index is 1.84. The molecular weight excluding hydrogens is 248 g/mol. The quantitative estimate of drug-likeness (QED) is 0.783. The van der Waals surface area contributed by atoms with Crippen molar-refractivity contribution >= 4 is 5.78 Å². The van der Waals surface area contributed by atoms with Gasteiger partial charge in [-0.25, -0.2) is 0 Å². The van der Waals surface area contributed by atoms with Gasteiger partial charge in [-0.05, 0) is 24.1 Å². The van der Waals surface area contributed by atoms with E-state index in [1.165, 1.54) is 5.56 Å². The Morgan fingerprint density at radius 1 is 1.15 bits per heavy atom. The van der Waals surface area contributed by atoms with E-state index < -0.39 is 0 Å². The van der Waals surface area contributed by atoms with E-state index in [-0.39, 0.29) is 5.78 Å². The summed E-state index contributed by atoms with van der Waals surface area (Å²) in [5, 5.41) is 3.45. The zero-order chi connectivity index (χ0) is 14.2. The van der Waals surface area contributed by atoms with Crippen LogP contribution >= 0.6 is 0 Å². The van der Waals surface area contributed by atoms with Gasteiger partial charge in [-0.1, -0.05) is 37.3 Å². The molecule has 3 heteroatoms. The molecule has 1 N–H and O–H groups in total. The van der Waals surface area contributed by atoms with Crippen molar-refractivity contribution in [3.05, 3.63) is 66.0 Å². The normalized spacial score (nSPS) is 12.1. The van der Waals surface area contributed by atoms with Crippen LogP contribution in [0.3, 0.4) is 0 Å². The van der Waals surface area contributed by atoms with Crippen LogP contribution in [0.15, 0.2) is 54.9 Å². The smallest absolute Gasteiger partial charge is 0.164 e. The number of benzene rings is 1. The van der Waals surface area contributed by atoms with Gasteiger partial charge in [0.15, 0.2) is 5.78 Å². The Morgan fingerprint density at radius 3 is 2.50 bits per heavy atom. The van der Waals surface area contributed by atoms with Gasteiger partial charge in [0.25, 0.3) is 0 Å². The summed E-state index contributed by atoms with van der Waals surface area (Å²) in [4.78, 5) is 15.9. The maximum absolute atomic E-state index is 12.0. The molecular formula is C17H20N2O. The molecule has 1 aromatic heterocycles. The summed E-state index contributed by atoms with van der Waals surface area (Å²) in [5.41, 5.74) is 2.00. The van der Waals surface area contributed by atoms with Gasteiger partial charge in [0, 0.05) is 37.0 Å². The Bertz CT molecular complexity index is 525. The van der Waals surface area contributed by atoms with Gasteiger partial charge >= 0.3 is 0 Å². The molecule has 0 bridgehead atoms. The van der Waals surface area contributed by atoms with E-state index in [4.69, 9.17) is 0 Å². The number of ketones is 1. The molecule has 0 fully saturated rings. The summed E-state index contributed by atoms with van der Waals surface area (Å²) in [6.45, 7) is 2.84. The second-order valence-electron chi connectivity index (χ2n) is 4.73. The number of Topliss-reactive ketones (excluding diaryl/α,β-unsaturated/α-hetero) is 1. The van der Waals surface area contributed by atoms with Gasteiger partial charge in [-0.2, -0.15) is 0 Å². The molecule has 1 atom stereocenters. The van der Waals surface area contributed by atoms with Crippen LogP contribution in [0.1, 0.15) is 41.7 Å². The number of carbonyl (C=O) groups is 1. The lowest BCUT2D eigenvalue weighted by Crippen LogP contribution is -2.23. The molecule has 0 aliphatic carbocycles. The number of hydrogen-bond donors (Lipinski definition) is 1. The highest BCUT2D eigenvalue weighted by molar-refractivity contribution is 5.95. The topological polar surface area (TPSA) is 42.0 Å². The first-order valence-electron chi connectivity index (χ1n) is 7.03. The molecule has 0 saturated carbocycles. The maximum Gasteiger partial charge on any atom is 0.164 e. The standard InChI is InChI=1S/C17H20N2O/c1-2-16(14-6-4-3-5-7-14)19-13-10-17(20)15-8-11-18-12-9-15/h3-9,11-12,16,19H,2,10,13H2,1H3. The fourth-order valence-corrected chi connectivity index (χ4v) is 2.23. The predicted molar refractivity (Wildman–Crippen MR) is 80.7 cm³/mol. The van der Waals surface area contributed by atoms with E-state index in [0.717, 1.165) is 12.0 Å². The van der Waals surface area contributed by atoms with Crippen molar-refractivity contribution in [3.8, 4) is 0 Å². The molecule has 1 unspecified atom stereocenters. The van der Waals surface area contributed by atoms with Crippen LogP contribution in [-0.2, 0) is 0 Å². The van der Waals surface area contributed by atoms with Crippen molar-refractivity contribution < 1.29 is 4.79 Å². The number of pyridine rings is 1. The summed E-state index contributed by atoms with van der Waals surface area (Å²) in [7, 11) is 0. The van der Waals surface area contributed by atoms with E-state index >= 15 is 0 Å². The largest absolute Gasteiger partial charge is 0.310 e. The Hall–Kier alpha value is -2.00. The Morgan fingerprint density at radius 2 is 1.85 bits per heavy atom. The van der Waals surface area contributed by atoms with Crippen molar-refractivity contribution in [2.75, 3.05) is 6.54 Å². The SMILES string of the molecule is CCC(NCCC(=O)c1ccncc1)c1ccccc1. The number of hydrogen-bond acceptors (Lipinski definition) is 3. The van der Waals surface area contributed by atoms with E-state index in [0.29, 0.717) is 19.0 Å². The van der Waals surface area contributed by atoms with Gasteiger partial charge in [-0.15, -0.1) is 0 Å². The zero-order valence-electron chi connectivity index (χ0n) is 11.8. The number of nitrogens with zero attached hydrogens (tertiary/aromatic N) is 1. The van der Waals surface area contributed by atoms with E-state index in [2.05, 4.69) is 29.4 Å². The van der Waals surface area contributed by atoms with Crippen LogP contribution in [0.25, 0.3) is 0 Å². The molecule has 0 aliphatic heterocycles. The molecule has 0 aliphatic rings. The zero-order valence-corrected chi connectivity index (χ0v) is 11.8. The average Bonchev–Trinajstić information content (AvgIpc) is 2.53. The van der Waals surface area contributed by atoms with Crippen LogP contribution in [-0.4, -0.2) is 17.3 Å². The predicted octanol–water partition coefficient (Wildman–Crippen LogP) is 3.40. The lowest BCUT2D eigenvalue weighted by Gasteiger charge is -2.17. The summed E-state index contributed by atoms with van der Waals surface area (Å²) in [5.74, 6) is 0.155. The minimum Gasteiger partial charge on any atom is -0.310 e. The molecule has 0 spiro atoms. The van der Waals surface area contributed by atoms with Crippen LogP contribution in [0.5, 0.6) is 0 Å². The number of rotatable bonds is 7. The van der Waals surface area contributed by atoms with Crippen LogP contribution in [0.2, 0.25) is 0 Å². The molecule has 20 heavy (non-hydrogen) atoms. The minimum absolute atomic E-state index is 0.155. The third-order valence-electron chi connectivity index (χ3n) is 3.36. The van der Waals surface area contributed by atoms with Gasteiger partial charge in [0.1, 0.15) is 0 Å².